The smallest absolute Gasteiger partial charge is 0.00135 e. The van der Waals surface area contributed by atoms with Crippen molar-refractivity contribution in [3.63, 3.8) is 0 Å². The zero-order chi connectivity index (χ0) is 11.4. The van der Waals surface area contributed by atoms with Crippen molar-refractivity contribution in [3.8, 4) is 0 Å². The van der Waals surface area contributed by atoms with E-state index in [0.29, 0.717) is 5.41 Å². The van der Waals surface area contributed by atoms with Crippen LogP contribution < -0.4 is 5.32 Å². The van der Waals surface area contributed by atoms with Crippen LogP contribution in [0.4, 0.5) is 0 Å². The molecule has 2 heteroatoms. The number of nitrogens with zero attached hydrogens (tertiary/aromatic N) is 1. The van der Waals surface area contributed by atoms with Crippen LogP contribution in [0.25, 0.3) is 0 Å². The summed E-state index contributed by atoms with van der Waals surface area (Å²) in [6.45, 7) is 11.3. The van der Waals surface area contributed by atoms with Crippen molar-refractivity contribution in [3.05, 3.63) is 0 Å². The Morgan fingerprint density at radius 2 is 2.06 bits per heavy atom. The molecule has 94 valence electrons. The molecule has 1 unspecified atom stereocenters. The molecule has 0 aromatic carbocycles. The van der Waals surface area contributed by atoms with E-state index in [4.69, 9.17) is 0 Å². The minimum Gasteiger partial charge on any atom is -0.316 e. The molecule has 0 aliphatic carbocycles. The van der Waals surface area contributed by atoms with Crippen molar-refractivity contribution in [2.45, 2.75) is 46.0 Å². The van der Waals surface area contributed by atoms with E-state index in [1.165, 1.54) is 64.8 Å². The average molecular weight is 224 g/mol. The van der Waals surface area contributed by atoms with Crippen LogP contribution in [-0.4, -0.2) is 37.6 Å². The molecule has 2 saturated heterocycles. The molecule has 0 aromatic heterocycles. The Kier molecular flexibility index (Phi) is 4.26. The van der Waals surface area contributed by atoms with Gasteiger partial charge in [-0.15, -0.1) is 0 Å². The molecule has 0 spiro atoms. The molecule has 1 N–H and O–H groups in total. The molecular formula is C14H28N2. The second-order valence-corrected chi connectivity index (χ2v) is 6.15. The van der Waals surface area contributed by atoms with Gasteiger partial charge in [0.05, 0.1) is 0 Å². The molecule has 2 nitrogen and oxygen atoms in total. The Bertz CT molecular complexity index is 201. The average Bonchev–Trinajstić information content (AvgIpc) is 2.81. The van der Waals surface area contributed by atoms with Crippen molar-refractivity contribution in [2.24, 2.45) is 11.3 Å². The van der Waals surface area contributed by atoms with Gasteiger partial charge in [0.2, 0.25) is 0 Å². The normalized spacial score (nSPS) is 30.8. The lowest BCUT2D eigenvalue weighted by atomic mass is 9.78. The van der Waals surface area contributed by atoms with Crippen LogP contribution in [0.2, 0.25) is 0 Å². The quantitative estimate of drug-likeness (QED) is 0.789. The summed E-state index contributed by atoms with van der Waals surface area (Å²) < 4.78 is 0. The molecule has 2 heterocycles. The van der Waals surface area contributed by atoms with Gasteiger partial charge in [-0.3, -0.25) is 0 Å². The van der Waals surface area contributed by atoms with Crippen molar-refractivity contribution >= 4 is 0 Å². The van der Waals surface area contributed by atoms with Crippen molar-refractivity contribution < 1.29 is 0 Å². The second kappa shape index (κ2) is 5.50. The molecule has 0 aromatic rings. The van der Waals surface area contributed by atoms with Gasteiger partial charge in [0.1, 0.15) is 0 Å². The largest absolute Gasteiger partial charge is 0.316 e. The van der Waals surface area contributed by atoms with Gasteiger partial charge in [0.25, 0.3) is 0 Å². The zero-order valence-corrected chi connectivity index (χ0v) is 11.1. The van der Waals surface area contributed by atoms with Gasteiger partial charge in [-0.25, -0.2) is 0 Å². The summed E-state index contributed by atoms with van der Waals surface area (Å²) >= 11 is 0. The molecule has 2 rings (SSSR count). The molecule has 16 heavy (non-hydrogen) atoms. The maximum Gasteiger partial charge on any atom is -0.00135 e. The van der Waals surface area contributed by atoms with Gasteiger partial charge in [-0.1, -0.05) is 20.3 Å². The molecule has 0 saturated carbocycles. The highest BCUT2D eigenvalue weighted by atomic mass is 15.1. The summed E-state index contributed by atoms with van der Waals surface area (Å²) in [6.07, 6.45) is 6.99. The number of piperidine rings is 1. The summed E-state index contributed by atoms with van der Waals surface area (Å²) in [4.78, 5) is 2.69. The molecular weight excluding hydrogens is 196 g/mol. The highest BCUT2D eigenvalue weighted by Crippen LogP contribution is 2.34. The number of likely N-dealkylation sites (tertiary alicyclic amines) is 1. The molecule has 0 bridgehead atoms. The first-order valence-electron chi connectivity index (χ1n) is 7.15. The third kappa shape index (κ3) is 3.21. The Balaban J connectivity index is 1.65. The van der Waals surface area contributed by atoms with Crippen LogP contribution in [0.5, 0.6) is 0 Å². The Morgan fingerprint density at radius 1 is 1.31 bits per heavy atom. The lowest BCUT2D eigenvalue weighted by Crippen LogP contribution is -2.39. The molecule has 0 radical (unpaired) electrons. The molecule has 1 atom stereocenters. The van der Waals surface area contributed by atoms with Gasteiger partial charge in [-0.2, -0.15) is 0 Å². The fourth-order valence-electron chi connectivity index (χ4n) is 3.00. The minimum absolute atomic E-state index is 0.644. The highest BCUT2D eigenvalue weighted by Gasteiger charge is 2.28. The summed E-state index contributed by atoms with van der Waals surface area (Å²) in [6, 6.07) is 0. The van der Waals surface area contributed by atoms with Gasteiger partial charge >= 0.3 is 0 Å². The molecule has 2 aliphatic heterocycles. The van der Waals surface area contributed by atoms with E-state index in [1.807, 2.05) is 0 Å². The zero-order valence-electron chi connectivity index (χ0n) is 11.1. The summed E-state index contributed by atoms with van der Waals surface area (Å²) in [5.41, 5.74) is 0.644. The van der Waals surface area contributed by atoms with Crippen LogP contribution in [0.1, 0.15) is 46.0 Å². The predicted molar refractivity (Wildman–Crippen MR) is 69.7 cm³/mol. The number of hydrogen-bond acceptors (Lipinski definition) is 2. The topological polar surface area (TPSA) is 15.3 Å². The van der Waals surface area contributed by atoms with E-state index in [2.05, 4.69) is 24.1 Å². The van der Waals surface area contributed by atoms with Crippen LogP contribution in [-0.2, 0) is 0 Å². The van der Waals surface area contributed by atoms with Crippen LogP contribution >= 0.6 is 0 Å². The highest BCUT2D eigenvalue weighted by molar-refractivity contribution is 4.82. The monoisotopic (exact) mass is 224 g/mol. The van der Waals surface area contributed by atoms with Crippen molar-refractivity contribution in [2.75, 3.05) is 32.7 Å². The van der Waals surface area contributed by atoms with Gasteiger partial charge < -0.3 is 10.2 Å². The van der Waals surface area contributed by atoms with E-state index < -0.39 is 0 Å². The Labute approximate surface area is 101 Å². The first-order valence-corrected chi connectivity index (χ1v) is 7.15. The summed E-state index contributed by atoms with van der Waals surface area (Å²) in [5.74, 6) is 0.958. The standard InChI is InChI=1S/C14H28N2/c1-3-14(2)6-10-16(11-7-14)9-5-13-4-8-15-12-13/h13,15H,3-12H2,1-2H3. The fourth-order valence-corrected chi connectivity index (χ4v) is 3.00. The maximum absolute atomic E-state index is 3.46. The van der Waals surface area contributed by atoms with E-state index in [9.17, 15) is 0 Å². The third-order valence-corrected chi connectivity index (χ3v) is 4.93. The van der Waals surface area contributed by atoms with E-state index in [0.717, 1.165) is 5.92 Å². The number of rotatable bonds is 4. The summed E-state index contributed by atoms with van der Waals surface area (Å²) in [5, 5.41) is 3.46. The van der Waals surface area contributed by atoms with Gasteiger partial charge in [0.15, 0.2) is 0 Å². The van der Waals surface area contributed by atoms with Crippen LogP contribution in [0, 0.1) is 11.3 Å². The lowest BCUT2D eigenvalue weighted by molar-refractivity contribution is 0.110. The number of hydrogen-bond donors (Lipinski definition) is 1. The molecule has 0 amide bonds. The van der Waals surface area contributed by atoms with Gasteiger partial charge in [0, 0.05) is 0 Å². The van der Waals surface area contributed by atoms with Crippen molar-refractivity contribution in [1.29, 1.82) is 0 Å². The first-order chi connectivity index (χ1) is 7.72. The minimum atomic E-state index is 0.644. The number of nitrogens with one attached hydrogen (secondary N) is 1. The SMILES string of the molecule is CCC1(C)CCN(CCC2CCNC2)CC1. The van der Waals surface area contributed by atoms with Crippen molar-refractivity contribution in [1.82, 2.24) is 10.2 Å². The molecule has 2 aliphatic rings. The van der Waals surface area contributed by atoms with Crippen LogP contribution in [0.3, 0.4) is 0 Å². The molecule has 2 fully saturated rings. The second-order valence-electron chi connectivity index (χ2n) is 6.15. The summed E-state index contributed by atoms with van der Waals surface area (Å²) in [7, 11) is 0. The maximum atomic E-state index is 3.46. The van der Waals surface area contributed by atoms with Crippen LogP contribution in [0.15, 0.2) is 0 Å². The lowest BCUT2D eigenvalue weighted by Gasteiger charge is -2.39. The first kappa shape index (κ1) is 12.4. The Hall–Kier alpha value is -0.0800. The van der Waals surface area contributed by atoms with E-state index in [1.54, 1.807) is 0 Å². The fraction of sp³-hybridized carbons (Fsp3) is 1.00. The predicted octanol–water partition coefficient (Wildman–Crippen LogP) is 2.50. The van der Waals surface area contributed by atoms with E-state index >= 15 is 0 Å². The van der Waals surface area contributed by atoms with Gasteiger partial charge in [-0.05, 0) is 69.7 Å². The third-order valence-electron chi connectivity index (χ3n) is 4.93. The van der Waals surface area contributed by atoms with E-state index in [-0.39, 0.29) is 0 Å². The Morgan fingerprint density at radius 3 is 2.62 bits per heavy atom.